The molecule has 0 fully saturated rings. The highest BCUT2D eigenvalue weighted by molar-refractivity contribution is 7.09. The number of aryl methyl sites for hydroxylation is 1. The minimum atomic E-state index is 0.717. The third-order valence-corrected chi connectivity index (χ3v) is 3.45. The average Bonchev–Trinajstić information content (AvgIpc) is 2.96. The number of hydrogen-bond acceptors (Lipinski definition) is 4. The van der Waals surface area contributed by atoms with E-state index in [0.717, 1.165) is 28.5 Å². The molecule has 1 N–H and O–H groups in total. The maximum Gasteiger partial charge on any atom is 0.203 e. The molecule has 5 heteroatoms. The van der Waals surface area contributed by atoms with Crippen LogP contribution in [-0.4, -0.2) is 14.5 Å². The number of hydrogen-bond donors (Lipinski definition) is 1. The van der Waals surface area contributed by atoms with Gasteiger partial charge in [-0.15, -0.1) is 11.3 Å². The van der Waals surface area contributed by atoms with E-state index in [1.165, 1.54) is 0 Å². The molecule has 0 unspecified atom stereocenters. The molecule has 0 bridgehead atoms. The molecule has 0 spiro atoms. The van der Waals surface area contributed by atoms with E-state index in [1.807, 2.05) is 36.8 Å². The smallest absolute Gasteiger partial charge is 0.203 e. The lowest BCUT2D eigenvalue weighted by molar-refractivity contribution is 0.924. The van der Waals surface area contributed by atoms with Gasteiger partial charge < -0.3 is 9.88 Å². The van der Waals surface area contributed by atoms with Gasteiger partial charge in [-0.1, -0.05) is 12.1 Å². The molecule has 86 valence electrons. The van der Waals surface area contributed by atoms with Gasteiger partial charge in [0.15, 0.2) is 0 Å². The highest BCUT2D eigenvalue weighted by atomic mass is 32.1. The summed E-state index contributed by atoms with van der Waals surface area (Å²) in [5, 5.41) is 6.35. The lowest BCUT2D eigenvalue weighted by atomic mass is 10.3. The fourth-order valence-corrected chi connectivity index (χ4v) is 2.35. The second kappa shape index (κ2) is 4.18. The molecule has 0 amide bonds. The van der Waals surface area contributed by atoms with Crippen molar-refractivity contribution in [3.8, 4) is 0 Å². The molecule has 3 aromatic rings. The van der Waals surface area contributed by atoms with Gasteiger partial charge in [0, 0.05) is 18.6 Å². The van der Waals surface area contributed by atoms with Crippen molar-refractivity contribution < 1.29 is 0 Å². The number of fused-ring (bicyclic) bond motifs is 1. The van der Waals surface area contributed by atoms with E-state index in [-0.39, 0.29) is 0 Å². The van der Waals surface area contributed by atoms with Gasteiger partial charge in [-0.25, -0.2) is 9.97 Å². The molecule has 4 nitrogen and oxygen atoms in total. The zero-order valence-corrected chi connectivity index (χ0v) is 10.2. The molecule has 0 aliphatic heterocycles. The number of anilines is 1. The van der Waals surface area contributed by atoms with Crippen LogP contribution in [0.3, 0.4) is 0 Å². The molecule has 0 saturated heterocycles. The quantitative estimate of drug-likeness (QED) is 0.770. The second-order valence-electron chi connectivity index (χ2n) is 3.76. The van der Waals surface area contributed by atoms with E-state index < -0.39 is 0 Å². The number of thiazole rings is 1. The molecule has 0 aliphatic rings. The normalized spacial score (nSPS) is 10.9. The predicted octanol–water partition coefficient (Wildman–Crippen LogP) is 2.64. The summed E-state index contributed by atoms with van der Waals surface area (Å²) in [6.45, 7) is 0.717. The summed E-state index contributed by atoms with van der Waals surface area (Å²) in [5.41, 5.74) is 2.14. The highest BCUT2D eigenvalue weighted by Gasteiger charge is 2.06. The summed E-state index contributed by atoms with van der Waals surface area (Å²) >= 11 is 1.64. The van der Waals surface area contributed by atoms with Crippen LogP contribution in [-0.2, 0) is 13.6 Å². The number of nitrogens with one attached hydrogen (secondary N) is 1. The van der Waals surface area contributed by atoms with Gasteiger partial charge >= 0.3 is 0 Å². The molecule has 2 heterocycles. The van der Waals surface area contributed by atoms with E-state index in [1.54, 1.807) is 11.3 Å². The minimum absolute atomic E-state index is 0.717. The first-order chi connectivity index (χ1) is 8.34. The Kier molecular flexibility index (Phi) is 2.53. The molecular formula is C12H12N4S. The number of nitrogens with zero attached hydrogens (tertiary/aromatic N) is 3. The minimum Gasteiger partial charge on any atom is -0.349 e. The molecule has 0 aliphatic carbocycles. The van der Waals surface area contributed by atoms with Crippen LogP contribution in [0.4, 0.5) is 5.95 Å². The van der Waals surface area contributed by atoms with Crippen molar-refractivity contribution in [2.75, 3.05) is 5.32 Å². The molecule has 0 atom stereocenters. The first-order valence-electron chi connectivity index (χ1n) is 5.38. The fraction of sp³-hybridized carbons (Fsp3) is 0.167. The molecule has 3 rings (SSSR count). The van der Waals surface area contributed by atoms with E-state index >= 15 is 0 Å². The van der Waals surface area contributed by atoms with Crippen molar-refractivity contribution in [1.29, 1.82) is 0 Å². The molecular weight excluding hydrogens is 232 g/mol. The molecule has 2 aromatic heterocycles. The topological polar surface area (TPSA) is 42.7 Å². The largest absolute Gasteiger partial charge is 0.349 e. The Morgan fingerprint density at radius 2 is 2.24 bits per heavy atom. The standard InChI is InChI=1S/C12H12N4S/c1-16-10-5-3-2-4-9(10)15-12(16)14-8-11-13-6-7-17-11/h2-7H,8H2,1H3,(H,14,15). The Bertz CT molecular complexity index is 627. The van der Waals surface area contributed by atoms with Crippen LogP contribution in [0.5, 0.6) is 0 Å². The van der Waals surface area contributed by atoms with Crippen LogP contribution in [0.15, 0.2) is 35.8 Å². The monoisotopic (exact) mass is 244 g/mol. The highest BCUT2D eigenvalue weighted by Crippen LogP contribution is 2.18. The summed E-state index contributed by atoms with van der Waals surface area (Å²) in [4.78, 5) is 8.77. The third-order valence-electron chi connectivity index (χ3n) is 2.67. The maximum absolute atomic E-state index is 4.54. The zero-order valence-electron chi connectivity index (χ0n) is 9.42. The Balaban J connectivity index is 1.88. The lowest BCUT2D eigenvalue weighted by Crippen LogP contribution is -2.04. The SMILES string of the molecule is Cn1c(NCc2nccs2)nc2ccccc21. The van der Waals surface area contributed by atoms with Gasteiger partial charge in [-0.2, -0.15) is 0 Å². The van der Waals surface area contributed by atoms with Gasteiger partial charge in [0.2, 0.25) is 5.95 Å². The summed E-state index contributed by atoms with van der Waals surface area (Å²) < 4.78 is 2.06. The van der Waals surface area contributed by atoms with Crippen LogP contribution < -0.4 is 5.32 Å². The second-order valence-corrected chi connectivity index (χ2v) is 4.74. The van der Waals surface area contributed by atoms with Crippen LogP contribution in [0.1, 0.15) is 5.01 Å². The van der Waals surface area contributed by atoms with E-state index in [4.69, 9.17) is 0 Å². The average molecular weight is 244 g/mol. The zero-order chi connectivity index (χ0) is 11.7. The Morgan fingerprint density at radius 3 is 3.00 bits per heavy atom. The summed E-state index contributed by atoms with van der Waals surface area (Å²) in [6.07, 6.45) is 1.82. The molecule has 0 radical (unpaired) electrons. The summed E-state index contributed by atoms with van der Waals surface area (Å²) in [7, 11) is 2.01. The Labute approximate surface area is 103 Å². The van der Waals surface area contributed by atoms with Crippen LogP contribution >= 0.6 is 11.3 Å². The van der Waals surface area contributed by atoms with Gasteiger partial charge in [-0.05, 0) is 12.1 Å². The van der Waals surface area contributed by atoms with Gasteiger partial charge in [0.05, 0.1) is 17.6 Å². The van der Waals surface area contributed by atoms with Crippen molar-refractivity contribution in [2.45, 2.75) is 6.54 Å². The first kappa shape index (κ1) is 10.3. The lowest BCUT2D eigenvalue weighted by Gasteiger charge is -2.03. The van der Waals surface area contributed by atoms with Gasteiger partial charge in [0.25, 0.3) is 0 Å². The van der Waals surface area contributed by atoms with E-state index in [0.29, 0.717) is 0 Å². The van der Waals surface area contributed by atoms with Crippen molar-refractivity contribution in [3.63, 3.8) is 0 Å². The third kappa shape index (κ3) is 1.89. The fourth-order valence-electron chi connectivity index (χ4n) is 1.80. The predicted molar refractivity (Wildman–Crippen MR) is 70.2 cm³/mol. The number of imidazole rings is 1. The Hall–Kier alpha value is -1.88. The van der Waals surface area contributed by atoms with Crippen LogP contribution in [0, 0.1) is 0 Å². The van der Waals surface area contributed by atoms with Crippen LogP contribution in [0.25, 0.3) is 11.0 Å². The van der Waals surface area contributed by atoms with Crippen molar-refractivity contribution in [1.82, 2.24) is 14.5 Å². The van der Waals surface area contributed by atoms with Gasteiger partial charge in [-0.3, -0.25) is 0 Å². The summed E-state index contributed by atoms with van der Waals surface area (Å²) in [5.74, 6) is 0.876. The van der Waals surface area contributed by atoms with Gasteiger partial charge in [0.1, 0.15) is 5.01 Å². The first-order valence-corrected chi connectivity index (χ1v) is 6.26. The summed E-state index contributed by atoms with van der Waals surface area (Å²) in [6, 6.07) is 8.11. The number of para-hydroxylation sites is 2. The van der Waals surface area contributed by atoms with E-state index in [2.05, 4.69) is 25.9 Å². The van der Waals surface area contributed by atoms with Crippen LogP contribution in [0.2, 0.25) is 0 Å². The number of aromatic nitrogens is 3. The molecule has 1 aromatic carbocycles. The van der Waals surface area contributed by atoms with Crippen molar-refractivity contribution >= 4 is 28.3 Å². The van der Waals surface area contributed by atoms with Crippen molar-refractivity contribution in [2.24, 2.45) is 7.05 Å². The van der Waals surface area contributed by atoms with Crippen molar-refractivity contribution in [3.05, 3.63) is 40.8 Å². The molecule has 17 heavy (non-hydrogen) atoms. The van der Waals surface area contributed by atoms with E-state index in [9.17, 15) is 0 Å². The number of rotatable bonds is 3. The Morgan fingerprint density at radius 1 is 1.35 bits per heavy atom. The molecule has 0 saturated carbocycles. The maximum atomic E-state index is 4.54. The number of benzene rings is 1.